The van der Waals surface area contributed by atoms with Crippen LogP contribution in [-0.2, 0) is 14.3 Å². The van der Waals surface area contributed by atoms with Crippen molar-refractivity contribution in [1.82, 2.24) is 4.90 Å². The Morgan fingerprint density at radius 3 is 2.55 bits per heavy atom. The Labute approximate surface area is 165 Å². The summed E-state index contributed by atoms with van der Waals surface area (Å²) in [6.07, 6.45) is 2.24. The van der Waals surface area contributed by atoms with E-state index in [4.69, 9.17) is 9.15 Å². The molecule has 152 valence electrons. The van der Waals surface area contributed by atoms with Crippen LogP contribution in [0.1, 0.15) is 5.76 Å². The van der Waals surface area contributed by atoms with Crippen molar-refractivity contribution < 1.29 is 28.1 Å². The number of hydrogen-bond acceptors (Lipinski definition) is 7. The molecule has 9 nitrogen and oxygen atoms in total. The Hall–Kier alpha value is -3.69. The molecule has 29 heavy (non-hydrogen) atoms. The molecule has 0 N–H and O–H groups in total. The third-order valence-corrected chi connectivity index (χ3v) is 4.34. The molecule has 1 saturated heterocycles. The Balaban J connectivity index is 1.43. The van der Waals surface area contributed by atoms with Gasteiger partial charge in [-0.15, -0.1) is 0 Å². The number of hydrogen-bond donors (Lipinski definition) is 0. The first-order chi connectivity index (χ1) is 13.9. The molecule has 0 aliphatic carbocycles. The van der Waals surface area contributed by atoms with E-state index in [0.29, 0.717) is 31.9 Å². The number of esters is 1. The second-order valence-corrected chi connectivity index (χ2v) is 6.19. The van der Waals surface area contributed by atoms with E-state index in [1.54, 1.807) is 23.1 Å². The van der Waals surface area contributed by atoms with Gasteiger partial charge in [0.05, 0.1) is 11.8 Å². The van der Waals surface area contributed by atoms with Crippen molar-refractivity contribution in [3.05, 3.63) is 64.2 Å². The van der Waals surface area contributed by atoms with Gasteiger partial charge < -0.3 is 19.0 Å². The molecule has 1 amide bonds. The summed E-state index contributed by atoms with van der Waals surface area (Å²) >= 11 is 0. The van der Waals surface area contributed by atoms with E-state index < -0.39 is 23.4 Å². The summed E-state index contributed by atoms with van der Waals surface area (Å²) < 4.78 is 23.6. The number of halogens is 1. The SMILES string of the molecule is O=C(/C=C/c1ccc([N+](=O)[O-])o1)OCC(=O)N1CCN(c2ccccc2F)CC1. The van der Waals surface area contributed by atoms with Crippen LogP contribution in [0.5, 0.6) is 0 Å². The second-order valence-electron chi connectivity index (χ2n) is 6.19. The summed E-state index contributed by atoms with van der Waals surface area (Å²) in [6, 6.07) is 8.95. The molecule has 3 rings (SSSR count). The van der Waals surface area contributed by atoms with Crippen LogP contribution in [-0.4, -0.2) is 54.5 Å². The predicted octanol–water partition coefficient (Wildman–Crippen LogP) is 2.23. The maximum Gasteiger partial charge on any atom is 0.433 e. The average molecular weight is 403 g/mol. The molecule has 1 aromatic carbocycles. The lowest BCUT2D eigenvalue weighted by Gasteiger charge is -2.36. The number of ether oxygens (including phenoxy) is 1. The van der Waals surface area contributed by atoms with Crippen LogP contribution in [0.2, 0.25) is 0 Å². The summed E-state index contributed by atoms with van der Waals surface area (Å²) in [4.78, 5) is 37.2. The molecular formula is C19H18FN3O6. The number of rotatable bonds is 6. The maximum atomic E-state index is 13.8. The molecule has 0 saturated carbocycles. The number of furan rings is 1. The Bertz CT molecular complexity index is 934. The van der Waals surface area contributed by atoms with E-state index in [-0.39, 0.29) is 17.5 Å². The smallest absolute Gasteiger partial charge is 0.433 e. The highest BCUT2D eigenvalue weighted by Crippen LogP contribution is 2.20. The van der Waals surface area contributed by atoms with Crippen molar-refractivity contribution >= 4 is 29.5 Å². The number of para-hydroxylation sites is 1. The van der Waals surface area contributed by atoms with Crippen molar-refractivity contribution in [2.24, 2.45) is 0 Å². The van der Waals surface area contributed by atoms with Crippen molar-refractivity contribution in [1.29, 1.82) is 0 Å². The van der Waals surface area contributed by atoms with Crippen molar-refractivity contribution in [3.63, 3.8) is 0 Å². The van der Waals surface area contributed by atoms with Gasteiger partial charge in [0.25, 0.3) is 5.91 Å². The maximum absolute atomic E-state index is 13.8. The third kappa shape index (κ3) is 5.18. The quantitative estimate of drug-likeness (QED) is 0.315. The van der Waals surface area contributed by atoms with Gasteiger partial charge in [0, 0.05) is 32.3 Å². The fourth-order valence-electron chi connectivity index (χ4n) is 2.86. The number of carbonyl (C=O) groups is 2. The van der Waals surface area contributed by atoms with Gasteiger partial charge >= 0.3 is 11.9 Å². The van der Waals surface area contributed by atoms with Gasteiger partial charge in [0.1, 0.15) is 16.5 Å². The zero-order chi connectivity index (χ0) is 20.8. The topological polar surface area (TPSA) is 106 Å². The normalized spacial score (nSPS) is 14.2. The highest BCUT2D eigenvalue weighted by atomic mass is 19.1. The van der Waals surface area contributed by atoms with Gasteiger partial charge in [-0.05, 0) is 24.3 Å². The van der Waals surface area contributed by atoms with Crippen LogP contribution in [0.3, 0.4) is 0 Å². The molecule has 0 radical (unpaired) electrons. The lowest BCUT2D eigenvalue weighted by molar-refractivity contribution is -0.402. The van der Waals surface area contributed by atoms with Gasteiger partial charge in [0.15, 0.2) is 6.61 Å². The van der Waals surface area contributed by atoms with Crippen LogP contribution in [0.25, 0.3) is 6.08 Å². The standard InChI is InChI=1S/C19H18FN3O6/c20-15-3-1-2-4-16(15)21-9-11-22(12-10-21)17(24)13-28-19(25)8-6-14-5-7-18(29-14)23(26)27/h1-8H,9-13H2/b8-6+. The Morgan fingerprint density at radius 2 is 1.90 bits per heavy atom. The number of nitro groups is 1. The molecular weight excluding hydrogens is 385 g/mol. The van der Waals surface area contributed by atoms with Crippen molar-refractivity contribution in [2.45, 2.75) is 0 Å². The minimum atomic E-state index is -0.776. The number of benzene rings is 1. The first kappa shape index (κ1) is 20.1. The third-order valence-electron chi connectivity index (χ3n) is 4.34. The lowest BCUT2D eigenvalue weighted by Crippen LogP contribution is -2.50. The van der Waals surface area contributed by atoms with E-state index in [1.165, 1.54) is 18.2 Å². The molecule has 0 atom stereocenters. The molecule has 1 fully saturated rings. The Kier molecular flexibility index (Phi) is 6.22. The number of carbonyl (C=O) groups excluding carboxylic acids is 2. The summed E-state index contributed by atoms with van der Waals surface area (Å²) in [7, 11) is 0. The highest BCUT2D eigenvalue weighted by Gasteiger charge is 2.23. The molecule has 2 heterocycles. The van der Waals surface area contributed by atoms with Crippen molar-refractivity contribution in [3.8, 4) is 0 Å². The lowest BCUT2D eigenvalue weighted by atomic mass is 10.2. The van der Waals surface area contributed by atoms with E-state index in [2.05, 4.69) is 0 Å². The van der Waals surface area contributed by atoms with Crippen LogP contribution < -0.4 is 4.90 Å². The molecule has 2 aromatic rings. The molecule has 0 bridgehead atoms. The molecule has 0 spiro atoms. The van der Waals surface area contributed by atoms with Gasteiger partial charge in [-0.3, -0.25) is 14.9 Å². The van der Waals surface area contributed by atoms with Gasteiger partial charge in [-0.2, -0.15) is 0 Å². The number of piperazine rings is 1. The number of anilines is 1. The molecule has 1 aromatic heterocycles. The molecule has 10 heteroatoms. The summed E-state index contributed by atoms with van der Waals surface area (Å²) in [5.41, 5.74) is 0.495. The van der Waals surface area contributed by atoms with E-state index in [0.717, 1.165) is 12.1 Å². The highest BCUT2D eigenvalue weighted by molar-refractivity contribution is 5.89. The summed E-state index contributed by atoms with van der Waals surface area (Å²) in [6.45, 7) is 1.28. The van der Waals surface area contributed by atoms with Gasteiger partial charge in [0.2, 0.25) is 0 Å². The molecule has 1 aliphatic rings. The second kappa shape index (κ2) is 9.00. The minimum Gasteiger partial charge on any atom is -0.452 e. The molecule has 0 unspecified atom stereocenters. The Morgan fingerprint density at radius 1 is 1.17 bits per heavy atom. The first-order valence-electron chi connectivity index (χ1n) is 8.80. The zero-order valence-electron chi connectivity index (χ0n) is 15.3. The fourth-order valence-corrected chi connectivity index (χ4v) is 2.86. The monoisotopic (exact) mass is 403 g/mol. The van der Waals surface area contributed by atoms with Crippen LogP contribution in [0, 0.1) is 15.9 Å². The fraction of sp³-hybridized carbons (Fsp3) is 0.263. The first-order valence-corrected chi connectivity index (χ1v) is 8.80. The van der Waals surface area contributed by atoms with Gasteiger partial charge in [-0.25, -0.2) is 9.18 Å². The largest absolute Gasteiger partial charge is 0.452 e. The van der Waals surface area contributed by atoms with E-state index in [1.807, 2.05) is 4.90 Å². The minimum absolute atomic E-state index is 0.115. The number of amides is 1. The average Bonchev–Trinajstić information content (AvgIpc) is 3.20. The van der Waals surface area contributed by atoms with Crippen LogP contribution >= 0.6 is 0 Å². The predicted molar refractivity (Wildman–Crippen MR) is 101 cm³/mol. The van der Waals surface area contributed by atoms with Crippen LogP contribution in [0.4, 0.5) is 16.0 Å². The van der Waals surface area contributed by atoms with Crippen molar-refractivity contribution in [2.75, 3.05) is 37.7 Å². The summed E-state index contributed by atoms with van der Waals surface area (Å²) in [5.74, 6) is -1.77. The van der Waals surface area contributed by atoms with E-state index in [9.17, 15) is 24.1 Å². The van der Waals surface area contributed by atoms with Crippen LogP contribution in [0.15, 0.2) is 46.9 Å². The van der Waals surface area contributed by atoms with Gasteiger partial charge in [-0.1, -0.05) is 12.1 Å². The molecule has 1 aliphatic heterocycles. The number of nitrogens with zero attached hydrogens (tertiary/aromatic N) is 3. The van der Waals surface area contributed by atoms with E-state index >= 15 is 0 Å². The zero-order valence-corrected chi connectivity index (χ0v) is 15.3. The summed E-state index contributed by atoms with van der Waals surface area (Å²) in [5, 5.41) is 10.5.